The van der Waals surface area contributed by atoms with Gasteiger partial charge in [0.05, 0.1) is 17.4 Å². The van der Waals surface area contributed by atoms with Crippen LogP contribution in [0.5, 0.6) is 5.75 Å². The van der Waals surface area contributed by atoms with Gasteiger partial charge in [-0.15, -0.1) is 11.3 Å². The highest BCUT2D eigenvalue weighted by Gasteiger charge is 2.31. The third kappa shape index (κ3) is 4.47. The molecule has 0 unspecified atom stereocenters. The van der Waals surface area contributed by atoms with E-state index in [1.165, 1.54) is 18.4 Å². The molecule has 0 aliphatic rings. The molecule has 1 aromatic heterocycles. The minimum absolute atomic E-state index is 0.0337. The Morgan fingerprint density at radius 1 is 1.33 bits per heavy atom. The van der Waals surface area contributed by atoms with Gasteiger partial charge in [-0.05, 0) is 18.1 Å². The topological polar surface area (TPSA) is 81.4 Å². The van der Waals surface area contributed by atoms with E-state index in [-0.39, 0.29) is 29.8 Å². The Hall–Kier alpha value is -1.99. The normalized spacial score (nSPS) is 11.9. The first-order valence-corrected chi connectivity index (χ1v) is 9.75. The van der Waals surface area contributed by atoms with Gasteiger partial charge in [-0.3, -0.25) is 9.59 Å². The summed E-state index contributed by atoms with van der Waals surface area (Å²) in [5.41, 5.74) is 5.03. The van der Waals surface area contributed by atoms with Crippen LogP contribution >= 0.6 is 11.3 Å². The number of carbonyl (C=O) groups is 2. The number of thiophene rings is 1. The van der Waals surface area contributed by atoms with Gasteiger partial charge in [-0.2, -0.15) is 0 Å². The highest BCUT2D eigenvalue weighted by atomic mass is 32.1. The highest BCUT2D eigenvalue weighted by molar-refractivity contribution is 7.20. The molecule has 0 saturated heterocycles. The van der Waals surface area contributed by atoms with Crippen molar-refractivity contribution in [3.05, 3.63) is 28.4 Å². The average Bonchev–Trinajstić information content (AvgIpc) is 3.03. The van der Waals surface area contributed by atoms with Crippen LogP contribution in [0.2, 0.25) is 0 Å². The van der Waals surface area contributed by atoms with Gasteiger partial charge in [0, 0.05) is 35.2 Å². The Kier molecular flexibility index (Phi) is 6.59. The number of ketones is 1. The molecule has 1 heterocycles. The van der Waals surface area contributed by atoms with Crippen LogP contribution in [0.1, 0.15) is 55.3 Å². The summed E-state index contributed by atoms with van der Waals surface area (Å²) in [5, 5.41) is 3.13. The molecule has 0 aliphatic heterocycles. The lowest BCUT2D eigenvalue weighted by atomic mass is 9.86. The van der Waals surface area contributed by atoms with Crippen LogP contribution in [-0.4, -0.2) is 31.9 Å². The zero-order chi connectivity index (χ0) is 20.4. The number of fused-ring (bicyclic) bond motifs is 1. The number of ether oxygens (including phenoxy) is 1. The van der Waals surface area contributed by atoms with Crippen LogP contribution in [0.3, 0.4) is 0 Å². The maximum Gasteiger partial charge on any atom is 0.226 e. The van der Waals surface area contributed by atoms with Crippen LogP contribution in [0.25, 0.3) is 10.1 Å². The van der Waals surface area contributed by atoms with E-state index in [2.05, 4.69) is 5.32 Å². The van der Waals surface area contributed by atoms with E-state index in [1.807, 2.05) is 13.8 Å². The second kappa shape index (κ2) is 8.35. The Balaban J connectivity index is 2.35. The molecule has 0 saturated carbocycles. The summed E-state index contributed by atoms with van der Waals surface area (Å²) in [6.45, 7) is 7.92. The standard InChI is InChI=1S/C20H27FN2O3S/c1-11(2)17-14(26-5)9-15-12(18(17)21)8-16(27-15)13(24)10-20(3,4)19(25)23-7-6-22/h8-9,11H,6-7,10,22H2,1-5H3,(H,23,25). The van der Waals surface area contributed by atoms with Crippen LogP contribution in [0, 0.1) is 11.2 Å². The van der Waals surface area contributed by atoms with Crippen molar-refractivity contribution in [3.8, 4) is 5.75 Å². The SMILES string of the molecule is COc1cc2sc(C(=O)CC(C)(C)C(=O)NCCN)cc2c(F)c1C(C)C. The number of rotatable bonds is 8. The van der Waals surface area contributed by atoms with Crippen molar-refractivity contribution in [2.75, 3.05) is 20.2 Å². The maximum absolute atomic E-state index is 15.0. The van der Waals surface area contributed by atoms with Gasteiger partial charge >= 0.3 is 0 Å². The number of Topliss-reactive ketones (excluding diaryl/α,β-unsaturated/α-hetero) is 1. The fourth-order valence-electron chi connectivity index (χ4n) is 2.97. The molecule has 148 valence electrons. The number of nitrogens with one attached hydrogen (secondary N) is 1. The molecule has 27 heavy (non-hydrogen) atoms. The van der Waals surface area contributed by atoms with Crippen LogP contribution in [0.15, 0.2) is 12.1 Å². The summed E-state index contributed by atoms with van der Waals surface area (Å²) in [6, 6.07) is 3.35. The largest absolute Gasteiger partial charge is 0.496 e. The molecular weight excluding hydrogens is 367 g/mol. The van der Waals surface area contributed by atoms with E-state index in [4.69, 9.17) is 10.5 Å². The quantitative estimate of drug-likeness (QED) is 0.667. The number of benzene rings is 1. The Morgan fingerprint density at radius 3 is 2.56 bits per heavy atom. The third-order valence-corrected chi connectivity index (χ3v) is 5.60. The lowest BCUT2D eigenvalue weighted by molar-refractivity contribution is -0.129. The Labute approximate surface area is 163 Å². The van der Waals surface area contributed by atoms with E-state index in [9.17, 15) is 14.0 Å². The molecule has 1 aromatic carbocycles. The zero-order valence-corrected chi connectivity index (χ0v) is 17.3. The van der Waals surface area contributed by atoms with Gasteiger partial charge < -0.3 is 15.8 Å². The van der Waals surface area contributed by atoms with Gasteiger partial charge in [0.2, 0.25) is 5.91 Å². The van der Waals surface area contributed by atoms with E-state index in [1.54, 1.807) is 26.0 Å². The Bertz CT molecular complexity index is 859. The minimum Gasteiger partial charge on any atom is -0.496 e. The summed E-state index contributed by atoms with van der Waals surface area (Å²) in [7, 11) is 1.51. The van der Waals surface area contributed by atoms with Crippen molar-refractivity contribution in [2.45, 2.75) is 40.0 Å². The summed E-state index contributed by atoms with van der Waals surface area (Å²) >= 11 is 1.22. The molecule has 0 radical (unpaired) electrons. The monoisotopic (exact) mass is 394 g/mol. The summed E-state index contributed by atoms with van der Waals surface area (Å²) < 4.78 is 21.0. The number of nitrogens with two attached hydrogens (primary N) is 1. The molecule has 2 rings (SSSR count). The van der Waals surface area contributed by atoms with Crippen molar-refractivity contribution in [1.82, 2.24) is 5.32 Å². The highest BCUT2D eigenvalue weighted by Crippen LogP contribution is 2.39. The van der Waals surface area contributed by atoms with Crippen LogP contribution in [-0.2, 0) is 4.79 Å². The number of carbonyl (C=O) groups excluding carboxylic acids is 2. The lowest BCUT2D eigenvalue weighted by Crippen LogP contribution is -2.40. The van der Waals surface area contributed by atoms with Gasteiger partial charge in [0.25, 0.3) is 0 Å². The van der Waals surface area contributed by atoms with E-state index < -0.39 is 5.41 Å². The molecule has 0 fully saturated rings. The first kappa shape index (κ1) is 21.3. The molecule has 0 atom stereocenters. The van der Waals surface area contributed by atoms with Crippen molar-refractivity contribution < 1.29 is 18.7 Å². The summed E-state index contributed by atoms with van der Waals surface area (Å²) in [5.74, 6) is -0.327. The first-order valence-electron chi connectivity index (χ1n) is 8.93. The van der Waals surface area contributed by atoms with Crippen LogP contribution < -0.4 is 15.8 Å². The summed E-state index contributed by atoms with van der Waals surface area (Å²) in [4.78, 5) is 25.4. The van der Waals surface area contributed by atoms with Crippen molar-refractivity contribution in [1.29, 1.82) is 0 Å². The molecule has 7 heteroatoms. The molecule has 2 aromatic rings. The van der Waals surface area contributed by atoms with Crippen molar-refractivity contribution in [3.63, 3.8) is 0 Å². The van der Waals surface area contributed by atoms with E-state index >= 15 is 0 Å². The second-order valence-electron chi connectivity index (χ2n) is 7.51. The first-order chi connectivity index (χ1) is 12.6. The van der Waals surface area contributed by atoms with E-state index in [0.717, 1.165) is 0 Å². The number of hydrogen-bond donors (Lipinski definition) is 2. The molecule has 1 amide bonds. The predicted octanol–water partition coefficient (Wildman–Crippen LogP) is 3.85. The minimum atomic E-state index is -0.873. The number of hydrogen-bond acceptors (Lipinski definition) is 5. The molecule has 0 bridgehead atoms. The van der Waals surface area contributed by atoms with Gasteiger partial charge in [0.1, 0.15) is 11.6 Å². The van der Waals surface area contributed by atoms with Gasteiger partial charge in [-0.25, -0.2) is 4.39 Å². The predicted molar refractivity (Wildman–Crippen MR) is 107 cm³/mol. The third-order valence-electron chi connectivity index (χ3n) is 4.48. The fraction of sp³-hybridized carbons (Fsp3) is 0.500. The maximum atomic E-state index is 15.0. The number of methoxy groups -OCH3 is 1. The average molecular weight is 395 g/mol. The lowest BCUT2D eigenvalue weighted by Gasteiger charge is -2.22. The zero-order valence-electron chi connectivity index (χ0n) is 16.4. The molecule has 3 N–H and O–H groups in total. The second-order valence-corrected chi connectivity index (χ2v) is 8.60. The van der Waals surface area contributed by atoms with Gasteiger partial charge in [-0.1, -0.05) is 27.7 Å². The van der Waals surface area contributed by atoms with Crippen molar-refractivity contribution >= 4 is 33.1 Å². The Morgan fingerprint density at radius 2 is 2.00 bits per heavy atom. The number of halogens is 1. The molecule has 5 nitrogen and oxygen atoms in total. The molecule has 0 aliphatic carbocycles. The molecular formula is C20H27FN2O3S. The van der Waals surface area contributed by atoms with Crippen molar-refractivity contribution in [2.24, 2.45) is 11.1 Å². The van der Waals surface area contributed by atoms with E-state index in [0.29, 0.717) is 39.4 Å². The van der Waals surface area contributed by atoms with Crippen LogP contribution in [0.4, 0.5) is 4.39 Å². The molecule has 0 spiro atoms. The fourth-order valence-corrected chi connectivity index (χ4v) is 4.00. The smallest absolute Gasteiger partial charge is 0.226 e. The van der Waals surface area contributed by atoms with Gasteiger partial charge in [0.15, 0.2) is 5.78 Å². The summed E-state index contributed by atoms with van der Waals surface area (Å²) in [6.07, 6.45) is 0.0337. The number of amides is 1.